The van der Waals surface area contributed by atoms with Crippen LogP contribution in [0.15, 0.2) is 12.1 Å². The van der Waals surface area contributed by atoms with Crippen molar-refractivity contribution in [2.45, 2.75) is 13.3 Å². The van der Waals surface area contributed by atoms with E-state index < -0.39 is 23.2 Å². The van der Waals surface area contributed by atoms with Crippen LogP contribution in [0, 0.1) is 23.0 Å². The summed E-state index contributed by atoms with van der Waals surface area (Å²) in [6, 6.07) is 3.53. The predicted octanol–water partition coefficient (Wildman–Crippen LogP) is 1.94. The van der Waals surface area contributed by atoms with E-state index in [2.05, 4.69) is 4.74 Å². The first-order chi connectivity index (χ1) is 7.58. The fourth-order valence-electron chi connectivity index (χ4n) is 1.21. The lowest BCUT2D eigenvalue weighted by atomic mass is 10.1. The molecule has 0 aliphatic heterocycles. The minimum atomic E-state index is -1.20. The third-order valence-corrected chi connectivity index (χ3v) is 1.86. The molecular formula is C11H9F2NO2. The average Bonchev–Trinajstić information content (AvgIpc) is 2.23. The standard InChI is InChI=1S/C11H9F2NO2/c1-2-16-10(15)5-7-3-8(6-14)11(13)9(12)4-7/h3-4H,2,5H2,1H3. The molecular weight excluding hydrogens is 216 g/mol. The summed E-state index contributed by atoms with van der Waals surface area (Å²) < 4.78 is 30.6. The van der Waals surface area contributed by atoms with Gasteiger partial charge in [0.2, 0.25) is 0 Å². The van der Waals surface area contributed by atoms with Crippen molar-refractivity contribution in [3.63, 3.8) is 0 Å². The molecule has 3 nitrogen and oxygen atoms in total. The zero-order valence-electron chi connectivity index (χ0n) is 8.59. The van der Waals surface area contributed by atoms with Crippen LogP contribution in [0.2, 0.25) is 0 Å². The van der Waals surface area contributed by atoms with E-state index in [1.54, 1.807) is 6.92 Å². The Kier molecular flexibility index (Phi) is 3.95. The Balaban J connectivity index is 2.95. The Morgan fingerprint density at radius 2 is 2.19 bits per heavy atom. The zero-order valence-corrected chi connectivity index (χ0v) is 8.59. The van der Waals surface area contributed by atoms with E-state index in [4.69, 9.17) is 5.26 Å². The molecule has 0 amide bonds. The summed E-state index contributed by atoms with van der Waals surface area (Å²) in [4.78, 5) is 11.1. The molecule has 84 valence electrons. The summed E-state index contributed by atoms with van der Waals surface area (Å²) in [5.41, 5.74) is -0.201. The highest BCUT2D eigenvalue weighted by molar-refractivity contribution is 5.72. The number of rotatable bonds is 3. The first-order valence-corrected chi connectivity index (χ1v) is 4.62. The molecule has 16 heavy (non-hydrogen) atoms. The summed E-state index contributed by atoms with van der Waals surface area (Å²) in [5, 5.41) is 8.53. The number of ether oxygens (including phenoxy) is 1. The van der Waals surface area contributed by atoms with Crippen LogP contribution in [-0.4, -0.2) is 12.6 Å². The predicted molar refractivity (Wildman–Crippen MR) is 51.4 cm³/mol. The van der Waals surface area contributed by atoms with Crippen LogP contribution >= 0.6 is 0 Å². The smallest absolute Gasteiger partial charge is 0.310 e. The lowest BCUT2D eigenvalue weighted by Crippen LogP contribution is -2.08. The Hall–Kier alpha value is -1.96. The number of halogens is 2. The Morgan fingerprint density at radius 1 is 1.50 bits per heavy atom. The third-order valence-electron chi connectivity index (χ3n) is 1.86. The van der Waals surface area contributed by atoms with Gasteiger partial charge in [0.05, 0.1) is 18.6 Å². The molecule has 0 radical (unpaired) electrons. The van der Waals surface area contributed by atoms with Gasteiger partial charge in [0, 0.05) is 0 Å². The topological polar surface area (TPSA) is 50.1 Å². The normalized spacial score (nSPS) is 9.62. The van der Waals surface area contributed by atoms with Gasteiger partial charge in [-0.15, -0.1) is 0 Å². The number of nitrogens with zero attached hydrogens (tertiary/aromatic N) is 1. The second-order valence-electron chi connectivity index (χ2n) is 3.03. The van der Waals surface area contributed by atoms with Gasteiger partial charge >= 0.3 is 5.97 Å². The lowest BCUT2D eigenvalue weighted by molar-refractivity contribution is -0.142. The average molecular weight is 225 g/mol. The van der Waals surface area contributed by atoms with E-state index in [9.17, 15) is 13.6 Å². The highest BCUT2D eigenvalue weighted by Crippen LogP contribution is 2.15. The van der Waals surface area contributed by atoms with E-state index >= 15 is 0 Å². The Labute approximate surface area is 91.3 Å². The van der Waals surface area contributed by atoms with Gasteiger partial charge in [0.15, 0.2) is 11.6 Å². The minimum Gasteiger partial charge on any atom is -0.466 e. The van der Waals surface area contributed by atoms with Crippen LogP contribution in [0.4, 0.5) is 8.78 Å². The summed E-state index contributed by atoms with van der Waals surface area (Å²) in [6.07, 6.45) is -0.181. The number of carbonyl (C=O) groups excluding carboxylic acids is 1. The van der Waals surface area contributed by atoms with Crippen molar-refractivity contribution < 1.29 is 18.3 Å². The van der Waals surface area contributed by atoms with Gasteiger partial charge in [-0.2, -0.15) is 5.26 Å². The minimum absolute atomic E-state index is 0.181. The molecule has 0 aliphatic rings. The molecule has 5 heteroatoms. The summed E-state index contributed by atoms with van der Waals surface area (Å²) in [6.45, 7) is 1.86. The van der Waals surface area contributed by atoms with E-state index in [1.165, 1.54) is 6.07 Å². The van der Waals surface area contributed by atoms with Gasteiger partial charge < -0.3 is 4.74 Å². The van der Waals surface area contributed by atoms with Gasteiger partial charge in [-0.05, 0) is 24.6 Å². The fraction of sp³-hybridized carbons (Fsp3) is 0.273. The maximum atomic E-state index is 13.0. The molecule has 1 aromatic carbocycles. The van der Waals surface area contributed by atoms with Crippen molar-refractivity contribution in [1.82, 2.24) is 0 Å². The van der Waals surface area contributed by atoms with Gasteiger partial charge in [-0.25, -0.2) is 8.78 Å². The van der Waals surface area contributed by atoms with Crippen LogP contribution in [0.3, 0.4) is 0 Å². The molecule has 0 saturated carbocycles. The molecule has 1 rings (SSSR count). The summed E-state index contributed by atoms with van der Waals surface area (Å²) in [5.74, 6) is -2.88. The number of benzene rings is 1. The first-order valence-electron chi connectivity index (χ1n) is 4.62. The van der Waals surface area contributed by atoms with Crippen molar-refractivity contribution in [2.75, 3.05) is 6.61 Å². The number of esters is 1. The van der Waals surface area contributed by atoms with E-state index in [0.717, 1.165) is 12.1 Å². The quantitative estimate of drug-likeness (QED) is 0.738. The van der Waals surface area contributed by atoms with E-state index in [-0.39, 0.29) is 18.6 Å². The molecule has 1 aromatic rings. The summed E-state index contributed by atoms with van der Waals surface area (Å²) >= 11 is 0. The molecule has 0 N–H and O–H groups in total. The van der Waals surface area contributed by atoms with E-state index in [0.29, 0.717) is 0 Å². The highest BCUT2D eigenvalue weighted by Gasteiger charge is 2.12. The van der Waals surface area contributed by atoms with Crippen LogP contribution in [-0.2, 0) is 16.0 Å². The molecule has 0 aliphatic carbocycles. The number of nitriles is 1. The Bertz CT molecular complexity index is 452. The first kappa shape index (κ1) is 12.1. The monoisotopic (exact) mass is 225 g/mol. The molecule has 0 fully saturated rings. The van der Waals surface area contributed by atoms with Crippen LogP contribution in [0.1, 0.15) is 18.1 Å². The second kappa shape index (κ2) is 5.21. The van der Waals surface area contributed by atoms with Gasteiger partial charge in [0.25, 0.3) is 0 Å². The zero-order chi connectivity index (χ0) is 12.1. The van der Waals surface area contributed by atoms with Crippen LogP contribution in [0.25, 0.3) is 0 Å². The number of carbonyl (C=O) groups is 1. The Morgan fingerprint density at radius 3 is 2.75 bits per heavy atom. The van der Waals surface area contributed by atoms with Gasteiger partial charge in [-0.1, -0.05) is 0 Å². The molecule has 0 heterocycles. The molecule has 0 unspecified atom stereocenters. The fourth-order valence-corrected chi connectivity index (χ4v) is 1.21. The van der Waals surface area contributed by atoms with Crippen molar-refractivity contribution in [1.29, 1.82) is 5.26 Å². The number of hydrogen-bond donors (Lipinski definition) is 0. The van der Waals surface area contributed by atoms with Crippen LogP contribution in [0.5, 0.6) is 0 Å². The molecule has 0 spiro atoms. The molecule has 0 saturated heterocycles. The second-order valence-corrected chi connectivity index (χ2v) is 3.03. The molecule has 0 atom stereocenters. The largest absolute Gasteiger partial charge is 0.466 e. The molecule has 0 bridgehead atoms. The van der Waals surface area contributed by atoms with Crippen molar-refractivity contribution >= 4 is 5.97 Å². The van der Waals surface area contributed by atoms with Crippen molar-refractivity contribution in [3.8, 4) is 6.07 Å². The SMILES string of the molecule is CCOC(=O)Cc1cc(F)c(F)c(C#N)c1. The van der Waals surface area contributed by atoms with Crippen molar-refractivity contribution in [2.24, 2.45) is 0 Å². The van der Waals surface area contributed by atoms with E-state index in [1.807, 2.05) is 0 Å². The third kappa shape index (κ3) is 2.76. The molecule has 0 aromatic heterocycles. The summed E-state index contributed by atoms with van der Waals surface area (Å²) in [7, 11) is 0. The number of hydrogen-bond acceptors (Lipinski definition) is 3. The lowest BCUT2D eigenvalue weighted by Gasteiger charge is -2.03. The highest BCUT2D eigenvalue weighted by atomic mass is 19.2. The maximum absolute atomic E-state index is 13.0. The van der Waals surface area contributed by atoms with Gasteiger partial charge in [0.1, 0.15) is 6.07 Å². The van der Waals surface area contributed by atoms with Crippen LogP contribution < -0.4 is 0 Å². The van der Waals surface area contributed by atoms with Gasteiger partial charge in [-0.3, -0.25) is 4.79 Å². The van der Waals surface area contributed by atoms with Crippen molar-refractivity contribution in [3.05, 3.63) is 34.9 Å². The maximum Gasteiger partial charge on any atom is 0.310 e.